The van der Waals surface area contributed by atoms with Crippen LogP contribution >= 0.6 is 11.8 Å². The molecular weight excluding hydrogens is 300 g/mol. The van der Waals surface area contributed by atoms with Crippen molar-refractivity contribution in [2.75, 3.05) is 6.61 Å². The molecule has 22 heavy (non-hydrogen) atoms. The zero-order valence-electron chi connectivity index (χ0n) is 13.0. The maximum Gasteiger partial charge on any atom is 0.344 e. The number of carboxylic acid groups (broad SMARTS) is 1. The van der Waals surface area contributed by atoms with Crippen molar-refractivity contribution >= 4 is 17.7 Å². The van der Waals surface area contributed by atoms with Crippen LogP contribution in [0, 0.1) is 17.2 Å². The second kappa shape index (κ2) is 6.93. The van der Waals surface area contributed by atoms with E-state index >= 15 is 0 Å². The van der Waals surface area contributed by atoms with Gasteiger partial charge in [0.25, 0.3) is 0 Å². The molecule has 6 heteroatoms. The maximum atomic E-state index is 11.1. The Bertz CT molecular complexity index is 611. The number of nitrogens with one attached hydrogen (secondary N) is 1. The third kappa shape index (κ3) is 3.66. The monoisotopic (exact) mass is 320 g/mol. The molecule has 1 unspecified atom stereocenters. The zero-order chi connectivity index (χ0) is 16.3. The summed E-state index contributed by atoms with van der Waals surface area (Å²) in [5.41, 5.74) is 2.26. The van der Waals surface area contributed by atoms with Crippen molar-refractivity contribution in [2.45, 2.75) is 39.0 Å². The van der Waals surface area contributed by atoms with E-state index in [1.54, 1.807) is 6.92 Å². The van der Waals surface area contributed by atoms with Gasteiger partial charge in [-0.1, -0.05) is 25.6 Å². The number of ether oxygens (including phenoxy) is 1. The van der Waals surface area contributed by atoms with Crippen LogP contribution in [0.4, 0.5) is 0 Å². The molecule has 2 aliphatic rings. The highest BCUT2D eigenvalue weighted by Crippen LogP contribution is 2.38. The lowest BCUT2D eigenvalue weighted by Crippen LogP contribution is -2.23. The number of allylic oxidation sites excluding steroid dienone is 4. The van der Waals surface area contributed by atoms with Gasteiger partial charge < -0.3 is 15.2 Å². The molecule has 0 aromatic rings. The van der Waals surface area contributed by atoms with Crippen molar-refractivity contribution in [1.82, 2.24) is 5.32 Å². The number of hydrogen-bond acceptors (Lipinski definition) is 5. The molecule has 118 valence electrons. The van der Waals surface area contributed by atoms with E-state index in [1.807, 2.05) is 6.08 Å². The lowest BCUT2D eigenvalue weighted by Gasteiger charge is -2.22. The van der Waals surface area contributed by atoms with Crippen LogP contribution in [0.25, 0.3) is 0 Å². The SMILES string of the molecule is CC1=C(C(=O)O)SC(C2=CC(C#N)=C(OCC(C)C)CC2)N1. The normalized spacial score (nSPS) is 21.6. The molecule has 0 aromatic carbocycles. The highest BCUT2D eigenvalue weighted by molar-refractivity contribution is 8.05. The van der Waals surface area contributed by atoms with Gasteiger partial charge in [-0.3, -0.25) is 0 Å². The predicted molar refractivity (Wildman–Crippen MR) is 85.6 cm³/mol. The summed E-state index contributed by atoms with van der Waals surface area (Å²) >= 11 is 1.29. The summed E-state index contributed by atoms with van der Waals surface area (Å²) in [5.74, 6) is 0.242. The van der Waals surface area contributed by atoms with Gasteiger partial charge in [0.2, 0.25) is 0 Å². The summed E-state index contributed by atoms with van der Waals surface area (Å²) in [6.07, 6.45) is 3.28. The molecule has 5 nitrogen and oxygen atoms in total. The van der Waals surface area contributed by atoms with Gasteiger partial charge in [-0.05, 0) is 30.9 Å². The Morgan fingerprint density at radius 1 is 1.59 bits per heavy atom. The Kier molecular flexibility index (Phi) is 5.19. The first kappa shape index (κ1) is 16.5. The summed E-state index contributed by atoms with van der Waals surface area (Å²) in [4.78, 5) is 11.5. The summed E-state index contributed by atoms with van der Waals surface area (Å²) in [6.45, 7) is 6.50. The van der Waals surface area contributed by atoms with E-state index in [1.165, 1.54) is 11.8 Å². The van der Waals surface area contributed by atoms with Gasteiger partial charge in [-0.15, -0.1) is 0 Å². The van der Waals surface area contributed by atoms with Gasteiger partial charge in [0.1, 0.15) is 16.7 Å². The van der Waals surface area contributed by atoms with E-state index in [2.05, 4.69) is 25.2 Å². The summed E-state index contributed by atoms with van der Waals surface area (Å²) < 4.78 is 5.72. The molecule has 0 aromatic heterocycles. The average Bonchev–Trinajstić information content (AvgIpc) is 2.87. The van der Waals surface area contributed by atoms with E-state index in [9.17, 15) is 10.1 Å². The molecule has 0 bridgehead atoms. The Morgan fingerprint density at radius 3 is 2.86 bits per heavy atom. The third-order valence-electron chi connectivity index (χ3n) is 3.44. The fourth-order valence-corrected chi connectivity index (χ4v) is 3.47. The van der Waals surface area contributed by atoms with Gasteiger partial charge in [0.05, 0.1) is 17.6 Å². The average molecular weight is 320 g/mol. The standard InChI is InChI=1S/C16H20N2O3S/c1-9(2)8-21-13-5-4-11(6-12(13)7-17)15-18-10(3)14(22-15)16(19)20/h6,9,15,18H,4-5,8H2,1-3H3,(H,19,20). The molecule has 0 radical (unpaired) electrons. The number of hydrogen-bond donors (Lipinski definition) is 2. The van der Waals surface area contributed by atoms with Gasteiger partial charge in [0, 0.05) is 12.1 Å². The molecule has 0 saturated carbocycles. The van der Waals surface area contributed by atoms with Crippen molar-refractivity contribution < 1.29 is 14.6 Å². The Balaban J connectivity index is 2.12. The van der Waals surface area contributed by atoms with E-state index in [-0.39, 0.29) is 5.37 Å². The number of aliphatic carboxylic acids is 1. The first-order valence-electron chi connectivity index (χ1n) is 7.26. The van der Waals surface area contributed by atoms with Crippen molar-refractivity contribution in [3.8, 4) is 6.07 Å². The molecule has 1 aliphatic heterocycles. The van der Waals surface area contributed by atoms with Crippen LogP contribution < -0.4 is 5.32 Å². The molecule has 0 spiro atoms. The third-order valence-corrected chi connectivity index (χ3v) is 4.81. The van der Waals surface area contributed by atoms with Crippen LogP contribution in [-0.2, 0) is 9.53 Å². The molecule has 0 fully saturated rings. The number of carboxylic acids is 1. The summed E-state index contributed by atoms with van der Waals surface area (Å²) in [7, 11) is 0. The van der Waals surface area contributed by atoms with E-state index in [0.717, 1.165) is 17.8 Å². The Morgan fingerprint density at radius 2 is 2.32 bits per heavy atom. The number of thioether (sulfide) groups is 1. The predicted octanol–water partition coefficient (Wildman–Crippen LogP) is 3.14. The number of carbonyl (C=O) groups is 1. The van der Waals surface area contributed by atoms with Crippen molar-refractivity contribution in [2.24, 2.45) is 5.92 Å². The van der Waals surface area contributed by atoms with Crippen LogP contribution in [0.15, 0.2) is 33.6 Å². The minimum atomic E-state index is -0.911. The smallest absolute Gasteiger partial charge is 0.344 e. The largest absolute Gasteiger partial charge is 0.496 e. The topological polar surface area (TPSA) is 82.3 Å². The molecule has 0 saturated heterocycles. The summed E-state index contributed by atoms with van der Waals surface area (Å²) in [5, 5.41) is 21.5. The van der Waals surface area contributed by atoms with Crippen LogP contribution in [-0.4, -0.2) is 23.1 Å². The highest BCUT2D eigenvalue weighted by Gasteiger charge is 2.30. The van der Waals surface area contributed by atoms with Crippen LogP contribution in [0.3, 0.4) is 0 Å². The fraction of sp³-hybridized carbons (Fsp3) is 0.500. The number of nitrogens with zero attached hydrogens (tertiary/aromatic N) is 1. The quantitative estimate of drug-likeness (QED) is 0.810. The number of nitriles is 1. The molecule has 2 rings (SSSR count). The van der Waals surface area contributed by atoms with Crippen LogP contribution in [0.1, 0.15) is 33.6 Å². The van der Waals surface area contributed by atoms with E-state index in [0.29, 0.717) is 35.1 Å². The molecular formula is C16H20N2O3S. The van der Waals surface area contributed by atoms with Gasteiger partial charge in [-0.2, -0.15) is 5.26 Å². The lowest BCUT2D eigenvalue weighted by atomic mass is 9.98. The zero-order valence-corrected chi connectivity index (χ0v) is 13.8. The highest BCUT2D eigenvalue weighted by atomic mass is 32.2. The molecule has 1 aliphatic carbocycles. The van der Waals surface area contributed by atoms with Crippen LogP contribution in [0.5, 0.6) is 0 Å². The molecule has 1 heterocycles. The second-order valence-electron chi connectivity index (χ2n) is 5.77. The summed E-state index contributed by atoms with van der Waals surface area (Å²) in [6, 6.07) is 2.19. The lowest BCUT2D eigenvalue weighted by molar-refractivity contribution is -0.131. The fourth-order valence-electron chi connectivity index (χ4n) is 2.33. The van der Waals surface area contributed by atoms with Crippen molar-refractivity contribution in [3.63, 3.8) is 0 Å². The molecule has 1 atom stereocenters. The number of rotatable bonds is 5. The molecule has 0 amide bonds. The van der Waals surface area contributed by atoms with E-state index < -0.39 is 5.97 Å². The van der Waals surface area contributed by atoms with Crippen molar-refractivity contribution in [3.05, 3.63) is 33.6 Å². The first-order valence-corrected chi connectivity index (χ1v) is 8.14. The molecule has 2 N–H and O–H groups in total. The second-order valence-corrected chi connectivity index (χ2v) is 6.89. The minimum absolute atomic E-state index is 0.110. The van der Waals surface area contributed by atoms with Crippen LogP contribution in [0.2, 0.25) is 0 Å². The Labute approximate surface area is 134 Å². The maximum absolute atomic E-state index is 11.1. The Hall–Kier alpha value is -1.87. The van der Waals surface area contributed by atoms with Gasteiger partial charge >= 0.3 is 5.97 Å². The van der Waals surface area contributed by atoms with Gasteiger partial charge in [-0.25, -0.2) is 4.79 Å². The first-order chi connectivity index (χ1) is 10.4. The van der Waals surface area contributed by atoms with Gasteiger partial charge in [0.15, 0.2) is 0 Å². The van der Waals surface area contributed by atoms with E-state index in [4.69, 9.17) is 9.84 Å². The van der Waals surface area contributed by atoms with Crippen molar-refractivity contribution in [1.29, 1.82) is 5.26 Å². The minimum Gasteiger partial charge on any atom is -0.496 e.